The van der Waals surface area contributed by atoms with Crippen molar-refractivity contribution in [2.45, 2.75) is 50.6 Å². The van der Waals surface area contributed by atoms with E-state index < -0.39 is 0 Å². The number of benzene rings is 1. The molecule has 0 bridgehead atoms. The monoisotopic (exact) mass is 344 g/mol. The number of aryl methyl sites for hydroxylation is 1. The number of aromatic nitrogens is 3. The first-order valence-corrected chi connectivity index (χ1v) is 9.68. The lowest BCUT2D eigenvalue weighted by molar-refractivity contribution is 0.468. The topological polar surface area (TPSA) is 56.7 Å². The fourth-order valence-electron chi connectivity index (χ4n) is 4.50. The first-order valence-electron chi connectivity index (χ1n) is 9.68. The lowest BCUT2D eigenvalue weighted by Crippen LogP contribution is -2.05. The molecule has 1 fully saturated rings. The van der Waals surface area contributed by atoms with Gasteiger partial charge in [-0.3, -0.25) is 9.67 Å². The van der Waals surface area contributed by atoms with Crippen molar-refractivity contribution in [3.8, 4) is 22.4 Å². The summed E-state index contributed by atoms with van der Waals surface area (Å²) in [5, 5.41) is 5.01. The minimum Gasteiger partial charge on any atom is -0.324 e. The van der Waals surface area contributed by atoms with Crippen molar-refractivity contribution in [3.63, 3.8) is 0 Å². The van der Waals surface area contributed by atoms with Gasteiger partial charge in [0, 0.05) is 35.8 Å². The van der Waals surface area contributed by atoms with Crippen LogP contribution in [0.1, 0.15) is 55.3 Å². The Kier molecular flexibility index (Phi) is 3.86. The van der Waals surface area contributed by atoms with Gasteiger partial charge in [-0.2, -0.15) is 5.10 Å². The molecule has 3 aromatic rings. The Morgan fingerprint density at radius 3 is 2.58 bits per heavy atom. The van der Waals surface area contributed by atoms with Gasteiger partial charge in [0.15, 0.2) is 0 Å². The Balaban J connectivity index is 1.63. The van der Waals surface area contributed by atoms with Gasteiger partial charge in [0.05, 0.1) is 6.04 Å². The van der Waals surface area contributed by atoms with Crippen LogP contribution >= 0.6 is 0 Å². The molecule has 5 rings (SSSR count). The maximum Gasteiger partial charge on any atom is 0.100 e. The Morgan fingerprint density at radius 2 is 1.77 bits per heavy atom. The van der Waals surface area contributed by atoms with E-state index in [1.165, 1.54) is 47.9 Å². The minimum absolute atomic E-state index is 0.194. The average Bonchev–Trinajstić information content (AvgIpc) is 3.42. The number of fused-ring (bicyclic) bond motifs is 1. The zero-order valence-corrected chi connectivity index (χ0v) is 14.9. The summed E-state index contributed by atoms with van der Waals surface area (Å²) in [5.41, 5.74) is 13.6. The highest BCUT2D eigenvalue weighted by Crippen LogP contribution is 2.38. The quantitative estimate of drug-likeness (QED) is 0.751. The molecule has 1 atom stereocenters. The molecule has 1 unspecified atom stereocenters. The standard InChI is InChI=1S/C22H24N4/c23-21-8-6-16-13-17(5-7-19(16)21)20-14-26(18-3-1-2-4-18)25-22(20)15-9-11-24-12-10-15/h5,7,9-14,18,21H,1-4,6,8,23H2. The third kappa shape index (κ3) is 2.65. The van der Waals surface area contributed by atoms with Crippen molar-refractivity contribution in [2.24, 2.45) is 5.73 Å². The normalized spacial score (nSPS) is 19.8. The summed E-state index contributed by atoms with van der Waals surface area (Å²) in [7, 11) is 0. The number of rotatable bonds is 3. The number of pyridine rings is 1. The molecule has 26 heavy (non-hydrogen) atoms. The average molecular weight is 344 g/mol. The predicted molar refractivity (Wildman–Crippen MR) is 104 cm³/mol. The van der Waals surface area contributed by atoms with E-state index in [9.17, 15) is 0 Å². The van der Waals surface area contributed by atoms with Gasteiger partial charge in [-0.05, 0) is 54.5 Å². The van der Waals surface area contributed by atoms with Crippen LogP contribution in [0.25, 0.3) is 22.4 Å². The van der Waals surface area contributed by atoms with Crippen LogP contribution in [0.2, 0.25) is 0 Å². The van der Waals surface area contributed by atoms with Gasteiger partial charge in [0.25, 0.3) is 0 Å². The van der Waals surface area contributed by atoms with Crippen LogP contribution in [-0.4, -0.2) is 14.8 Å². The van der Waals surface area contributed by atoms with Crippen LogP contribution in [0.3, 0.4) is 0 Å². The van der Waals surface area contributed by atoms with Gasteiger partial charge in [0.1, 0.15) is 5.69 Å². The fourth-order valence-corrected chi connectivity index (χ4v) is 4.50. The fraction of sp³-hybridized carbons (Fsp3) is 0.364. The zero-order valence-electron chi connectivity index (χ0n) is 14.9. The molecule has 0 radical (unpaired) electrons. The van der Waals surface area contributed by atoms with Gasteiger partial charge < -0.3 is 5.73 Å². The van der Waals surface area contributed by atoms with Crippen molar-refractivity contribution in [1.82, 2.24) is 14.8 Å². The van der Waals surface area contributed by atoms with Gasteiger partial charge in [-0.15, -0.1) is 0 Å². The Bertz CT molecular complexity index is 923. The number of hydrogen-bond acceptors (Lipinski definition) is 3. The minimum atomic E-state index is 0.194. The summed E-state index contributed by atoms with van der Waals surface area (Å²) in [6.07, 6.45) is 13.1. The van der Waals surface area contributed by atoms with Gasteiger partial charge in [-0.25, -0.2) is 0 Å². The molecule has 4 heteroatoms. The van der Waals surface area contributed by atoms with E-state index in [4.69, 9.17) is 10.8 Å². The molecule has 1 saturated carbocycles. The molecular weight excluding hydrogens is 320 g/mol. The molecule has 2 aliphatic carbocycles. The van der Waals surface area contributed by atoms with Crippen molar-refractivity contribution in [2.75, 3.05) is 0 Å². The third-order valence-electron chi connectivity index (χ3n) is 5.96. The van der Waals surface area contributed by atoms with E-state index in [1.807, 2.05) is 24.5 Å². The molecule has 2 aromatic heterocycles. The van der Waals surface area contributed by atoms with E-state index in [1.54, 1.807) is 0 Å². The first kappa shape index (κ1) is 15.8. The van der Waals surface area contributed by atoms with Crippen molar-refractivity contribution < 1.29 is 0 Å². The Labute approximate surface area is 154 Å². The summed E-state index contributed by atoms with van der Waals surface area (Å²) in [4.78, 5) is 4.16. The van der Waals surface area contributed by atoms with E-state index in [0.29, 0.717) is 6.04 Å². The van der Waals surface area contributed by atoms with E-state index in [-0.39, 0.29) is 6.04 Å². The highest BCUT2D eigenvalue weighted by molar-refractivity contribution is 5.80. The number of nitrogens with two attached hydrogens (primary N) is 1. The second kappa shape index (κ2) is 6.36. The van der Waals surface area contributed by atoms with Crippen LogP contribution < -0.4 is 5.73 Å². The maximum absolute atomic E-state index is 6.22. The van der Waals surface area contributed by atoms with E-state index >= 15 is 0 Å². The van der Waals surface area contributed by atoms with E-state index in [2.05, 4.69) is 34.1 Å². The largest absolute Gasteiger partial charge is 0.324 e. The molecule has 4 nitrogen and oxygen atoms in total. The molecule has 0 saturated heterocycles. The van der Waals surface area contributed by atoms with Gasteiger partial charge in [-0.1, -0.05) is 31.0 Å². The molecular formula is C22H24N4. The first-order chi connectivity index (χ1) is 12.8. The molecule has 1 aromatic carbocycles. The van der Waals surface area contributed by atoms with Crippen molar-refractivity contribution in [3.05, 3.63) is 60.0 Å². The summed E-state index contributed by atoms with van der Waals surface area (Å²) in [6.45, 7) is 0. The molecule has 0 amide bonds. The molecule has 0 aliphatic heterocycles. The van der Waals surface area contributed by atoms with Crippen LogP contribution in [0.4, 0.5) is 0 Å². The van der Waals surface area contributed by atoms with Gasteiger partial charge >= 0.3 is 0 Å². The van der Waals surface area contributed by atoms with Crippen molar-refractivity contribution >= 4 is 0 Å². The predicted octanol–water partition coefficient (Wildman–Crippen LogP) is 4.67. The molecule has 2 heterocycles. The van der Waals surface area contributed by atoms with Crippen LogP contribution in [0.15, 0.2) is 48.9 Å². The second-order valence-corrected chi connectivity index (χ2v) is 7.60. The third-order valence-corrected chi connectivity index (χ3v) is 5.96. The number of hydrogen-bond donors (Lipinski definition) is 1. The lowest BCUT2D eigenvalue weighted by atomic mass is 9.98. The summed E-state index contributed by atoms with van der Waals surface area (Å²) >= 11 is 0. The maximum atomic E-state index is 6.22. The Morgan fingerprint density at radius 1 is 0.962 bits per heavy atom. The molecule has 2 aliphatic rings. The molecule has 132 valence electrons. The smallest absolute Gasteiger partial charge is 0.100 e. The van der Waals surface area contributed by atoms with Crippen molar-refractivity contribution in [1.29, 1.82) is 0 Å². The second-order valence-electron chi connectivity index (χ2n) is 7.60. The highest BCUT2D eigenvalue weighted by atomic mass is 15.3. The molecule has 2 N–H and O–H groups in total. The SMILES string of the molecule is NC1CCc2cc(-c3cn(C4CCCC4)nc3-c3ccncc3)ccc21. The van der Waals surface area contributed by atoms with Crippen LogP contribution in [-0.2, 0) is 6.42 Å². The lowest BCUT2D eigenvalue weighted by Gasteiger charge is -2.08. The summed E-state index contributed by atoms with van der Waals surface area (Å²) in [5.74, 6) is 0. The molecule has 0 spiro atoms. The summed E-state index contributed by atoms with van der Waals surface area (Å²) in [6, 6.07) is 11.6. The van der Waals surface area contributed by atoms with Crippen LogP contribution in [0, 0.1) is 0 Å². The number of nitrogens with zero attached hydrogens (tertiary/aromatic N) is 3. The van der Waals surface area contributed by atoms with Crippen LogP contribution in [0.5, 0.6) is 0 Å². The highest BCUT2D eigenvalue weighted by Gasteiger charge is 2.23. The zero-order chi connectivity index (χ0) is 17.5. The Hall–Kier alpha value is -2.46. The van der Waals surface area contributed by atoms with Gasteiger partial charge in [0.2, 0.25) is 0 Å². The summed E-state index contributed by atoms with van der Waals surface area (Å²) < 4.78 is 2.21. The van der Waals surface area contributed by atoms with E-state index in [0.717, 1.165) is 24.1 Å².